The van der Waals surface area contributed by atoms with Crippen molar-refractivity contribution in [3.05, 3.63) is 61.2 Å². The highest BCUT2D eigenvalue weighted by Crippen LogP contribution is 2.32. The number of hydrogen-bond donors (Lipinski definition) is 1. The number of hydrogen-bond acceptors (Lipinski definition) is 1. The van der Waals surface area contributed by atoms with Crippen LogP contribution >= 0.6 is 43.5 Å². The molecule has 0 atom stereocenters. The molecule has 0 aliphatic rings. The summed E-state index contributed by atoms with van der Waals surface area (Å²) in [5.74, 6) is -1.87. The quantitative estimate of drug-likeness (QED) is 0.600. The van der Waals surface area contributed by atoms with Gasteiger partial charge in [0.05, 0.1) is 15.2 Å². The summed E-state index contributed by atoms with van der Waals surface area (Å²) in [4.78, 5) is 0. The van der Waals surface area contributed by atoms with Crippen molar-refractivity contribution in [2.24, 2.45) is 0 Å². The summed E-state index contributed by atoms with van der Waals surface area (Å²) >= 11 is 12.0. The molecule has 2 rings (SSSR count). The monoisotopic (exact) mass is 427 g/mol. The molecule has 0 saturated heterocycles. The van der Waals surface area contributed by atoms with Crippen LogP contribution in [0.2, 0.25) is 5.02 Å². The minimum absolute atomic E-state index is 0.118. The molecule has 0 bridgehead atoms. The highest BCUT2D eigenvalue weighted by molar-refractivity contribution is 9.10. The minimum atomic E-state index is -0.688. The standard InChI is InChI=1S/C13H7Br2ClF3N/c14-8-1-2-11(18)7(12(8)19)5-20-13-9(15)3-6(17)4-10(13)16/h1-4,20H,5H2. The number of anilines is 1. The van der Waals surface area contributed by atoms with E-state index in [1.165, 1.54) is 12.1 Å². The van der Waals surface area contributed by atoms with E-state index in [1.54, 1.807) is 0 Å². The SMILES string of the molecule is Fc1cc(Cl)c(NCc2c(F)ccc(Br)c2F)c(Br)c1. The van der Waals surface area contributed by atoms with Gasteiger partial charge in [-0.25, -0.2) is 13.2 Å². The molecule has 0 aliphatic carbocycles. The second-order valence-electron chi connectivity index (χ2n) is 3.92. The fourth-order valence-corrected chi connectivity index (χ4v) is 2.95. The summed E-state index contributed by atoms with van der Waals surface area (Å²) in [5, 5.41) is 2.91. The topological polar surface area (TPSA) is 12.0 Å². The average Bonchev–Trinajstić information content (AvgIpc) is 2.36. The maximum Gasteiger partial charge on any atom is 0.145 e. The maximum absolute atomic E-state index is 13.8. The van der Waals surface area contributed by atoms with E-state index >= 15 is 0 Å². The van der Waals surface area contributed by atoms with Crippen molar-refractivity contribution in [2.75, 3.05) is 5.32 Å². The largest absolute Gasteiger partial charge is 0.379 e. The van der Waals surface area contributed by atoms with Gasteiger partial charge in [-0.3, -0.25) is 0 Å². The Kier molecular flexibility index (Phi) is 4.99. The van der Waals surface area contributed by atoms with Gasteiger partial charge in [-0.05, 0) is 56.1 Å². The van der Waals surface area contributed by atoms with Crippen LogP contribution in [0.3, 0.4) is 0 Å². The molecular weight excluding hydrogens is 422 g/mol. The van der Waals surface area contributed by atoms with Crippen LogP contribution < -0.4 is 5.32 Å². The van der Waals surface area contributed by atoms with Crippen LogP contribution in [0.1, 0.15) is 5.56 Å². The number of benzene rings is 2. The summed E-state index contributed by atoms with van der Waals surface area (Å²) in [6, 6.07) is 4.77. The summed E-state index contributed by atoms with van der Waals surface area (Å²) in [5.41, 5.74) is 0.235. The van der Waals surface area contributed by atoms with Gasteiger partial charge in [-0.15, -0.1) is 0 Å². The Morgan fingerprint density at radius 1 is 1.05 bits per heavy atom. The molecule has 0 aliphatic heterocycles. The van der Waals surface area contributed by atoms with E-state index < -0.39 is 17.5 Å². The van der Waals surface area contributed by atoms with Gasteiger partial charge in [0.1, 0.15) is 17.5 Å². The molecule has 7 heteroatoms. The van der Waals surface area contributed by atoms with Crippen molar-refractivity contribution in [1.82, 2.24) is 0 Å². The Hall–Kier alpha value is -0.720. The number of rotatable bonds is 3. The van der Waals surface area contributed by atoms with Crippen molar-refractivity contribution in [3.63, 3.8) is 0 Å². The Balaban J connectivity index is 2.28. The molecule has 0 aromatic heterocycles. The van der Waals surface area contributed by atoms with Gasteiger partial charge in [0.2, 0.25) is 0 Å². The molecule has 2 aromatic carbocycles. The lowest BCUT2D eigenvalue weighted by molar-refractivity contribution is 0.555. The first-order chi connectivity index (χ1) is 9.40. The smallest absolute Gasteiger partial charge is 0.145 e. The van der Waals surface area contributed by atoms with Crippen LogP contribution in [-0.4, -0.2) is 0 Å². The fourth-order valence-electron chi connectivity index (χ4n) is 1.62. The lowest BCUT2D eigenvalue weighted by Crippen LogP contribution is -2.06. The van der Waals surface area contributed by atoms with Crippen LogP contribution in [0.15, 0.2) is 33.2 Å². The number of halogens is 6. The lowest BCUT2D eigenvalue weighted by atomic mass is 10.2. The van der Waals surface area contributed by atoms with Crippen molar-refractivity contribution in [2.45, 2.75) is 6.54 Å². The predicted molar refractivity (Wildman–Crippen MR) is 80.5 cm³/mol. The molecule has 106 valence electrons. The Bertz CT molecular complexity index is 641. The Labute approximate surface area is 135 Å². The van der Waals surface area contributed by atoms with Gasteiger partial charge in [-0.1, -0.05) is 11.6 Å². The first-order valence-electron chi connectivity index (χ1n) is 5.41. The zero-order chi connectivity index (χ0) is 14.9. The molecule has 20 heavy (non-hydrogen) atoms. The molecular formula is C13H7Br2ClF3N. The first kappa shape index (κ1) is 15.7. The van der Waals surface area contributed by atoms with Gasteiger partial charge in [0.15, 0.2) is 0 Å². The zero-order valence-electron chi connectivity index (χ0n) is 9.78. The summed E-state index contributed by atoms with van der Waals surface area (Å²) in [6.07, 6.45) is 0. The molecule has 1 nitrogen and oxygen atoms in total. The summed E-state index contributed by atoms with van der Waals surface area (Å²) < 4.78 is 41.0. The normalized spacial score (nSPS) is 10.7. The van der Waals surface area contributed by atoms with Crippen molar-refractivity contribution >= 4 is 49.1 Å². The predicted octanol–water partition coefficient (Wildman–Crippen LogP) is 5.89. The third-order valence-electron chi connectivity index (χ3n) is 2.59. The first-order valence-corrected chi connectivity index (χ1v) is 7.37. The number of nitrogens with one attached hydrogen (secondary N) is 1. The highest BCUT2D eigenvalue weighted by atomic mass is 79.9. The van der Waals surface area contributed by atoms with E-state index in [4.69, 9.17) is 11.6 Å². The molecule has 0 unspecified atom stereocenters. The van der Waals surface area contributed by atoms with E-state index in [0.717, 1.165) is 12.1 Å². The van der Waals surface area contributed by atoms with E-state index in [9.17, 15) is 13.2 Å². The molecule has 0 radical (unpaired) electrons. The van der Waals surface area contributed by atoms with Gasteiger partial charge >= 0.3 is 0 Å². The summed E-state index contributed by atoms with van der Waals surface area (Å²) in [7, 11) is 0. The van der Waals surface area contributed by atoms with Gasteiger partial charge in [0.25, 0.3) is 0 Å². The third kappa shape index (κ3) is 3.30. The maximum atomic E-state index is 13.8. The average molecular weight is 429 g/mol. The van der Waals surface area contributed by atoms with Crippen molar-refractivity contribution < 1.29 is 13.2 Å². The van der Waals surface area contributed by atoms with E-state index in [1.807, 2.05) is 0 Å². The molecule has 0 amide bonds. The fraction of sp³-hybridized carbons (Fsp3) is 0.0769. The van der Waals surface area contributed by atoms with Gasteiger partial charge < -0.3 is 5.32 Å². The van der Waals surface area contributed by atoms with E-state index in [2.05, 4.69) is 37.2 Å². The van der Waals surface area contributed by atoms with Crippen molar-refractivity contribution in [3.8, 4) is 0 Å². The molecule has 0 fully saturated rings. The van der Waals surface area contributed by atoms with Crippen LogP contribution in [-0.2, 0) is 6.54 Å². The molecule has 2 aromatic rings. The van der Waals surface area contributed by atoms with Crippen LogP contribution in [0.25, 0.3) is 0 Å². The van der Waals surface area contributed by atoms with Crippen LogP contribution in [0, 0.1) is 17.5 Å². The van der Waals surface area contributed by atoms with Crippen molar-refractivity contribution in [1.29, 1.82) is 0 Å². The Morgan fingerprint density at radius 2 is 1.75 bits per heavy atom. The van der Waals surface area contributed by atoms with E-state index in [0.29, 0.717) is 10.2 Å². The highest BCUT2D eigenvalue weighted by Gasteiger charge is 2.14. The molecule has 0 saturated carbocycles. The third-order valence-corrected chi connectivity index (χ3v) is 4.12. The molecule has 1 N–H and O–H groups in total. The zero-order valence-corrected chi connectivity index (χ0v) is 13.7. The summed E-state index contributed by atoms with van der Waals surface area (Å²) in [6.45, 7) is -0.124. The minimum Gasteiger partial charge on any atom is -0.379 e. The second-order valence-corrected chi connectivity index (χ2v) is 6.04. The van der Waals surface area contributed by atoms with E-state index in [-0.39, 0.29) is 21.6 Å². The van der Waals surface area contributed by atoms with Crippen LogP contribution in [0.4, 0.5) is 18.9 Å². The molecule has 0 heterocycles. The molecule has 0 spiro atoms. The van der Waals surface area contributed by atoms with Crippen LogP contribution in [0.5, 0.6) is 0 Å². The lowest BCUT2D eigenvalue weighted by Gasteiger charge is -2.12. The Morgan fingerprint density at radius 3 is 2.40 bits per heavy atom. The van der Waals surface area contributed by atoms with Gasteiger partial charge in [-0.2, -0.15) is 0 Å². The second kappa shape index (κ2) is 6.37. The van der Waals surface area contributed by atoms with Gasteiger partial charge in [0, 0.05) is 16.6 Å².